The number of fused-ring (bicyclic) bond motifs is 2. The van der Waals surface area contributed by atoms with Crippen LogP contribution in [0.3, 0.4) is 0 Å². The van der Waals surface area contributed by atoms with Gasteiger partial charge in [0.25, 0.3) is 0 Å². The van der Waals surface area contributed by atoms with E-state index < -0.39 is 16.2 Å². The van der Waals surface area contributed by atoms with Gasteiger partial charge in [-0.05, 0) is 104 Å². The summed E-state index contributed by atoms with van der Waals surface area (Å²) in [7, 11) is 1.53. The van der Waals surface area contributed by atoms with Gasteiger partial charge in [0.1, 0.15) is 6.07 Å². The lowest BCUT2D eigenvalue weighted by molar-refractivity contribution is -0.188. The SMILES string of the molecule is COC(=O)[C@]12CCC(C)(C)CC1C[C@](C)([C@]1(C)CC[C@H]3C(C)(C)C(=O)C(C#N)=C[C@]3(C)[C@H]1CC(C)=NO)CC2. The van der Waals surface area contributed by atoms with E-state index in [1.807, 2.05) is 26.8 Å². The predicted octanol–water partition coefficient (Wildman–Crippen LogP) is 7.50. The molecule has 0 spiro atoms. The normalized spacial score (nSPS) is 43.4. The van der Waals surface area contributed by atoms with Crippen molar-refractivity contribution in [3.63, 3.8) is 0 Å². The molecule has 0 amide bonds. The number of esters is 1. The number of nitrogens with zero attached hydrogens (tertiary/aromatic N) is 2. The largest absolute Gasteiger partial charge is 0.469 e. The predicted molar refractivity (Wildman–Crippen MR) is 152 cm³/mol. The first-order chi connectivity index (χ1) is 18.0. The number of hydrogen-bond donors (Lipinski definition) is 1. The van der Waals surface area contributed by atoms with Crippen molar-refractivity contribution in [2.45, 2.75) is 113 Å². The van der Waals surface area contributed by atoms with E-state index in [1.54, 1.807) is 0 Å². The molecular formula is C33H50N2O4. The molecule has 3 saturated carbocycles. The van der Waals surface area contributed by atoms with Gasteiger partial charge in [-0.3, -0.25) is 9.59 Å². The van der Waals surface area contributed by atoms with E-state index in [0.29, 0.717) is 12.1 Å². The molecule has 0 aromatic heterocycles. The molecule has 216 valence electrons. The molecule has 4 rings (SSSR count). The molecule has 39 heavy (non-hydrogen) atoms. The number of Topliss-reactive ketones (excluding diaryl/α,β-unsaturated/α-hetero) is 1. The average Bonchev–Trinajstić information content (AvgIpc) is 2.87. The Hall–Kier alpha value is -2.16. The van der Waals surface area contributed by atoms with Crippen molar-refractivity contribution in [1.82, 2.24) is 0 Å². The topological polar surface area (TPSA) is 99.8 Å². The number of rotatable bonds is 4. The smallest absolute Gasteiger partial charge is 0.312 e. The zero-order valence-corrected chi connectivity index (χ0v) is 25.7. The molecule has 1 unspecified atom stereocenters. The number of carbonyl (C=O) groups is 2. The number of hydrogen-bond acceptors (Lipinski definition) is 6. The summed E-state index contributed by atoms with van der Waals surface area (Å²) in [6.07, 6.45) is 10.1. The van der Waals surface area contributed by atoms with Gasteiger partial charge in [0.2, 0.25) is 0 Å². The van der Waals surface area contributed by atoms with Crippen LogP contribution in [0.25, 0.3) is 0 Å². The standard InChI is InChI=1S/C33H50N2O4/c1-21(35-38)16-25-31(7)17-22(20-34)26(36)29(4,5)24(31)10-11-32(25,8)30(6)13-15-33(27(37)39-9)14-12-28(2,3)18-23(33)19-30/h17,23-25,38H,10-16,18-19H2,1-9H3/t23?,24-,25+,30+,31-,32+,33-/m0/s1. The van der Waals surface area contributed by atoms with Crippen LogP contribution in [0.2, 0.25) is 0 Å². The van der Waals surface area contributed by atoms with Crippen LogP contribution in [0.1, 0.15) is 113 Å². The highest BCUT2D eigenvalue weighted by Gasteiger charge is 2.67. The van der Waals surface area contributed by atoms with E-state index in [9.17, 15) is 20.1 Å². The summed E-state index contributed by atoms with van der Waals surface area (Å²) in [6, 6.07) is 2.22. The lowest BCUT2D eigenvalue weighted by Gasteiger charge is -2.67. The van der Waals surface area contributed by atoms with Gasteiger partial charge in [-0.1, -0.05) is 59.7 Å². The molecular weight excluding hydrogens is 488 g/mol. The highest BCUT2D eigenvalue weighted by molar-refractivity contribution is 6.04. The van der Waals surface area contributed by atoms with Crippen molar-refractivity contribution >= 4 is 17.5 Å². The molecule has 0 saturated heterocycles. The third-order valence-corrected chi connectivity index (χ3v) is 12.8. The van der Waals surface area contributed by atoms with Crippen molar-refractivity contribution in [3.05, 3.63) is 11.6 Å². The van der Waals surface area contributed by atoms with E-state index >= 15 is 0 Å². The van der Waals surface area contributed by atoms with E-state index in [0.717, 1.165) is 51.4 Å². The molecule has 0 bridgehead atoms. The van der Waals surface area contributed by atoms with Gasteiger partial charge in [0, 0.05) is 5.41 Å². The fourth-order valence-corrected chi connectivity index (χ4v) is 10.2. The fraction of sp³-hybridized carbons (Fsp3) is 0.818. The average molecular weight is 539 g/mol. The molecule has 0 aromatic rings. The third kappa shape index (κ3) is 4.29. The number of oxime groups is 1. The zero-order chi connectivity index (χ0) is 29.2. The molecule has 4 aliphatic carbocycles. The maximum absolute atomic E-state index is 13.3. The molecule has 6 heteroatoms. The number of carbonyl (C=O) groups excluding carboxylic acids is 2. The maximum atomic E-state index is 13.3. The molecule has 0 radical (unpaired) electrons. The lowest BCUT2D eigenvalue weighted by Crippen LogP contribution is -2.62. The second-order valence-corrected chi connectivity index (χ2v) is 15.7. The molecule has 0 aromatic carbocycles. The minimum Gasteiger partial charge on any atom is -0.469 e. The Bertz CT molecular complexity index is 1140. The molecule has 4 aliphatic rings. The van der Waals surface area contributed by atoms with Crippen molar-refractivity contribution in [3.8, 4) is 6.07 Å². The Kier molecular flexibility index (Phi) is 7.23. The van der Waals surface area contributed by atoms with Gasteiger partial charge in [-0.25, -0.2) is 0 Å². The minimum absolute atomic E-state index is 0.0418. The Balaban J connectivity index is 1.84. The van der Waals surface area contributed by atoms with Crippen molar-refractivity contribution in [1.29, 1.82) is 5.26 Å². The van der Waals surface area contributed by atoms with E-state index in [1.165, 1.54) is 7.11 Å². The third-order valence-electron chi connectivity index (χ3n) is 12.8. The van der Waals surface area contributed by atoms with E-state index in [4.69, 9.17) is 4.74 Å². The van der Waals surface area contributed by atoms with Crippen molar-refractivity contribution in [2.75, 3.05) is 7.11 Å². The van der Waals surface area contributed by atoms with Gasteiger partial charge in [0.15, 0.2) is 5.78 Å². The van der Waals surface area contributed by atoms with Gasteiger partial charge < -0.3 is 9.94 Å². The van der Waals surface area contributed by atoms with E-state index in [-0.39, 0.29) is 51.3 Å². The second-order valence-electron chi connectivity index (χ2n) is 15.7. The van der Waals surface area contributed by atoms with Crippen LogP contribution in [0.15, 0.2) is 16.8 Å². The Morgan fingerprint density at radius 2 is 1.72 bits per heavy atom. The molecule has 7 atom stereocenters. The van der Waals surface area contributed by atoms with Gasteiger partial charge in [-0.2, -0.15) is 5.26 Å². The highest BCUT2D eigenvalue weighted by atomic mass is 16.5. The first kappa shape index (κ1) is 29.8. The minimum atomic E-state index is -0.640. The van der Waals surface area contributed by atoms with Crippen molar-refractivity contribution < 1.29 is 19.5 Å². The summed E-state index contributed by atoms with van der Waals surface area (Å²) in [5.74, 6) is 0.313. The summed E-state index contributed by atoms with van der Waals surface area (Å²) in [5.41, 5.74) is -0.553. The molecule has 3 fully saturated rings. The van der Waals surface area contributed by atoms with Gasteiger partial charge >= 0.3 is 5.97 Å². The van der Waals surface area contributed by atoms with Crippen LogP contribution in [0, 0.1) is 61.6 Å². The van der Waals surface area contributed by atoms with Crippen LogP contribution in [0.5, 0.6) is 0 Å². The van der Waals surface area contributed by atoms with Crippen LogP contribution in [-0.2, 0) is 14.3 Å². The number of ketones is 1. The van der Waals surface area contributed by atoms with Crippen LogP contribution in [0.4, 0.5) is 0 Å². The fourth-order valence-electron chi connectivity index (χ4n) is 10.2. The quantitative estimate of drug-likeness (QED) is 0.173. The van der Waals surface area contributed by atoms with Crippen LogP contribution >= 0.6 is 0 Å². The number of ether oxygens (including phenoxy) is 1. The lowest BCUT2D eigenvalue weighted by atomic mass is 9.36. The second kappa shape index (κ2) is 9.45. The monoisotopic (exact) mass is 538 g/mol. The van der Waals surface area contributed by atoms with Crippen molar-refractivity contribution in [2.24, 2.45) is 55.4 Å². The summed E-state index contributed by atoms with van der Waals surface area (Å²) < 4.78 is 5.44. The zero-order valence-electron chi connectivity index (χ0n) is 25.7. The Morgan fingerprint density at radius 1 is 1.08 bits per heavy atom. The summed E-state index contributed by atoms with van der Waals surface area (Å²) in [4.78, 5) is 26.7. The summed E-state index contributed by atoms with van der Waals surface area (Å²) in [5, 5.41) is 23.4. The molecule has 0 heterocycles. The first-order valence-corrected chi connectivity index (χ1v) is 14.9. The number of allylic oxidation sites excluding steroid dienone is 2. The molecule has 0 aliphatic heterocycles. The molecule has 1 N–H and O–H groups in total. The highest BCUT2D eigenvalue weighted by Crippen LogP contribution is 2.72. The van der Waals surface area contributed by atoms with Crippen LogP contribution in [-0.4, -0.2) is 29.8 Å². The van der Waals surface area contributed by atoms with Crippen LogP contribution < -0.4 is 0 Å². The van der Waals surface area contributed by atoms with Gasteiger partial charge in [0.05, 0.1) is 23.8 Å². The summed E-state index contributed by atoms with van der Waals surface area (Å²) >= 11 is 0. The summed E-state index contributed by atoms with van der Waals surface area (Å²) in [6.45, 7) is 17.6. The first-order valence-electron chi connectivity index (χ1n) is 14.9. The number of methoxy groups -OCH3 is 1. The maximum Gasteiger partial charge on any atom is 0.312 e. The Labute approximate surface area is 235 Å². The number of nitriles is 1. The molecule has 6 nitrogen and oxygen atoms in total. The van der Waals surface area contributed by atoms with E-state index in [2.05, 4.69) is 45.8 Å². The van der Waals surface area contributed by atoms with Gasteiger partial charge in [-0.15, -0.1) is 0 Å². The Morgan fingerprint density at radius 3 is 2.31 bits per heavy atom.